The maximum Gasteiger partial charge on any atom is 0.319 e. The summed E-state index contributed by atoms with van der Waals surface area (Å²) in [5.74, 6) is 1.08. The van der Waals surface area contributed by atoms with Crippen LogP contribution in [0.15, 0.2) is 23.6 Å². The third-order valence-corrected chi connectivity index (χ3v) is 4.78. The number of aromatic amines is 1. The maximum atomic E-state index is 11.8. The number of H-pyrrole nitrogens is 1. The maximum absolute atomic E-state index is 11.8. The van der Waals surface area contributed by atoms with Gasteiger partial charge in [-0.1, -0.05) is 19.8 Å². The molecule has 0 aliphatic carbocycles. The first kappa shape index (κ1) is 16.8. The normalized spacial score (nSPS) is 10.6. The fourth-order valence-electron chi connectivity index (χ4n) is 1.80. The molecule has 0 unspecified atom stereocenters. The number of amides is 2. The summed E-state index contributed by atoms with van der Waals surface area (Å²) in [5, 5.41) is 7.38. The molecule has 0 aromatic carbocycles. The second kappa shape index (κ2) is 9.47. The van der Waals surface area contributed by atoms with E-state index in [4.69, 9.17) is 0 Å². The summed E-state index contributed by atoms with van der Waals surface area (Å²) in [6, 6.07) is 1.72. The highest BCUT2D eigenvalue weighted by molar-refractivity contribution is 7.99. The van der Waals surface area contributed by atoms with Crippen molar-refractivity contribution in [3.63, 3.8) is 0 Å². The lowest BCUT2D eigenvalue weighted by molar-refractivity contribution is 0.252. The smallest absolute Gasteiger partial charge is 0.319 e. The average molecular weight is 339 g/mol. The zero-order valence-electron chi connectivity index (χ0n) is 12.6. The molecule has 0 aliphatic rings. The van der Waals surface area contributed by atoms with E-state index in [-0.39, 0.29) is 6.03 Å². The van der Waals surface area contributed by atoms with Crippen molar-refractivity contribution >= 4 is 34.3 Å². The van der Waals surface area contributed by atoms with Crippen LogP contribution in [0.3, 0.4) is 0 Å². The minimum atomic E-state index is -0.203. The number of rotatable bonds is 9. The minimum absolute atomic E-state index is 0.203. The molecular formula is C14H21N5OS2. The van der Waals surface area contributed by atoms with E-state index < -0.39 is 0 Å². The van der Waals surface area contributed by atoms with Crippen LogP contribution in [-0.2, 0) is 6.42 Å². The van der Waals surface area contributed by atoms with Crippen molar-refractivity contribution in [1.82, 2.24) is 19.7 Å². The van der Waals surface area contributed by atoms with Crippen LogP contribution in [0.5, 0.6) is 0 Å². The number of nitrogens with zero attached hydrogens (tertiary/aromatic N) is 2. The number of thioether (sulfide) groups is 1. The molecule has 0 bridgehead atoms. The van der Waals surface area contributed by atoms with E-state index in [1.807, 2.05) is 6.07 Å². The largest absolute Gasteiger partial charge is 0.348 e. The molecule has 0 saturated heterocycles. The van der Waals surface area contributed by atoms with Gasteiger partial charge in [-0.3, -0.25) is 5.32 Å². The SMILES string of the molecule is CCCCCSc1cc(NC(=O)NCCc2cnc[nH]2)sn1. The number of carbonyl (C=O) groups excluding carboxylic acids is 1. The highest BCUT2D eigenvalue weighted by atomic mass is 32.2. The topological polar surface area (TPSA) is 82.7 Å². The Balaban J connectivity index is 1.64. The number of carbonyl (C=O) groups is 1. The van der Waals surface area contributed by atoms with Crippen LogP contribution in [0.25, 0.3) is 0 Å². The highest BCUT2D eigenvalue weighted by Crippen LogP contribution is 2.25. The lowest BCUT2D eigenvalue weighted by Gasteiger charge is -2.04. The Kier molecular flexibility index (Phi) is 7.24. The van der Waals surface area contributed by atoms with Gasteiger partial charge in [0, 0.05) is 30.9 Å². The van der Waals surface area contributed by atoms with Gasteiger partial charge in [-0.25, -0.2) is 9.78 Å². The van der Waals surface area contributed by atoms with Crippen molar-refractivity contribution in [3.05, 3.63) is 24.3 Å². The van der Waals surface area contributed by atoms with Crippen LogP contribution in [0.2, 0.25) is 0 Å². The summed E-state index contributed by atoms with van der Waals surface area (Å²) in [5.41, 5.74) is 1.00. The van der Waals surface area contributed by atoms with Gasteiger partial charge < -0.3 is 10.3 Å². The van der Waals surface area contributed by atoms with Crippen LogP contribution in [0.4, 0.5) is 9.80 Å². The van der Waals surface area contributed by atoms with Crippen LogP contribution in [-0.4, -0.2) is 32.7 Å². The second-order valence-electron chi connectivity index (χ2n) is 4.79. The molecule has 2 heterocycles. The summed E-state index contributed by atoms with van der Waals surface area (Å²) in [7, 11) is 0. The molecule has 8 heteroatoms. The zero-order valence-corrected chi connectivity index (χ0v) is 14.2. The first-order valence-corrected chi connectivity index (χ1v) is 9.15. The molecule has 0 spiro atoms. The summed E-state index contributed by atoms with van der Waals surface area (Å²) in [6.07, 6.45) is 7.80. The molecule has 0 saturated carbocycles. The molecule has 2 amide bonds. The molecule has 22 heavy (non-hydrogen) atoms. The molecule has 0 radical (unpaired) electrons. The fourth-order valence-corrected chi connectivity index (χ4v) is 3.50. The van der Waals surface area contributed by atoms with Crippen molar-refractivity contribution in [3.8, 4) is 0 Å². The molecule has 2 aromatic rings. The number of hydrogen-bond acceptors (Lipinski definition) is 5. The van der Waals surface area contributed by atoms with Crippen molar-refractivity contribution in [1.29, 1.82) is 0 Å². The monoisotopic (exact) mass is 339 g/mol. The van der Waals surface area contributed by atoms with E-state index in [1.165, 1.54) is 30.8 Å². The minimum Gasteiger partial charge on any atom is -0.348 e. The van der Waals surface area contributed by atoms with Gasteiger partial charge in [0.1, 0.15) is 10.0 Å². The van der Waals surface area contributed by atoms with Crippen molar-refractivity contribution < 1.29 is 4.79 Å². The zero-order chi connectivity index (χ0) is 15.6. The van der Waals surface area contributed by atoms with E-state index in [1.54, 1.807) is 24.3 Å². The number of imidazole rings is 1. The number of urea groups is 1. The first-order valence-electron chi connectivity index (χ1n) is 7.39. The van der Waals surface area contributed by atoms with E-state index in [2.05, 4.69) is 31.9 Å². The average Bonchev–Trinajstić information content (AvgIpc) is 3.16. The molecule has 6 nitrogen and oxygen atoms in total. The van der Waals surface area contributed by atoms with Gasteiger partial charge in [0.05, 0.1) is 6.33 Å². The van der Waals surface area contributed by atoms with Crippen LogP contribution in [0.1, 0.15) is 31.9 Å². The van der Waals surface area contributed by atoms with E-state index in [0.717, 1.165) is 27.9 Å². The standard InChI is InChI=1S/C14H21N5OS2/c1-2-3-4-7-21-13-8-12(22-19-13)18-14(20)16-6-5-11-9-15-10-17-11/h8-10H,2-7H2,1H3,(H,15,17)(H2,16,18,20). The Morgan fingerprint density at radius 1 is 1.45 bits per heavy atom. The van der Waals surface area contributed by atoms with Crippen LogP contribution >= 0.6 is 23.3 Å². The number of nitrogens with one attached hydrogen (secondary N) is 3. The Morgan fingerprint density at radius 3 is 3.14 bits per heavy atom. The lowest BCUT2D eigenvalue weighted by Crippen LogP contribution is -2.30. The molecule has 2 aromatic heterocycles. The Labute approximate surface area is 138 Å². The van der Waals surface area contributed by atoms with Gasteiger partial charge in [-0.15, -0.1) is 11.8 Å². The molecule has 0 atom stereocenters. The fraction of sp³-hybridized carbons (Fsp3) is 0.500. The van der Waals surface area contributed by atoms with Crippen molar-refractivity contribution in [2.75, 3.05) is 17.6 Å². The lowest BCUT2D eigenvalue weighted by atomic mass is 10.3. The predicted octanol–water partition coefficient (Wildman–Crippen LogP) is 3.51. The van der Waals surface area contributed by atoms with Crippen molar-refractivity contribution in [2.45, 2.75) is 37.6 Å². The summed E-state index contributed by atoms with van der Waals surface area (Å²) >= 11 is 3.05. The van der Waals surface area contributed by atoms with Gasteiger partial charge in [-0.2, -0.15) is 4.37 Å². The summed E-state index contributed by atoms with van der Waals surface area (Å²) in [4.78, 5) is 18.7. The van der Waals surface area contributed by atoms with Crippen LogP contribution in [0, 0.1) is 0 Å². The van der Waals surface area contributed by atoms with E-state index in [0.29, 0.717) is 6.54 Å². The predicted molar refractivity (Wildman–Crippen MR) is 91.7 cm³/mol. The van der Waals surface area contributed by atoms with E-state index in [9.17, 15) is 4.79 Å². The Morgan fingerprint density at radius 2 is 2.36 bits per heavy atom. The third kappa shape index (κ3) is 6.07. The molecular weight excluding hydrogens is 318 g/mol. The first-order chi connectivity index (χ1) is 10.8. The number of anilines is 1. The second-order valence-corrected chi connectivity index (χ2v) is 6.71. The van der Waals surface area contributed by atoms with Gasteiger partial charge in [0.15, 0.2) is 0 Å². The third-order valence-electron chi connectivity index (χ3n) is 2.96. The Bertz CT molecular complexity index is 555. The van der Waals surface area contributed by atoms with E-state index >= 15 is 0 Å². The van der Waals surface area contributed by atoms with Crippen molar-refractivity contribution in [2.24, 2.45) is 0 Å². The highest BCUT2D eigenvalue weighted by Gasteiger charge is 2.06. The molecule has 0 aliphatic heterocycles. The quantitative estimate of drug-likeness (QED) is 0.482. The molecule has 2 rings (SSSR count). The summed E-state index contributed by atoms with van der Waals surface area (Å²) < 4.78 is 4.34. The van der Waals surface area contributed by atoms with Gasteiger partial charge in [-0.05, 0) is 23.7 Å². The Hall–Kier alpha value is -1.54. The van der Waals surface area contributed by atoms with Gasteiger partial charge >= 0.3 is 6.03 Å². The number of aromatic nitrogens is 3. The molecule has 120 valence electrons. The molecule has 0 fully saturated rings. The van der Waals surface area contributed by atoms with Gasteiger partial charge in [0.25, 0.3) is 0 Å². The number of hydrogen-bond donors (Lipinski definition) is 3. The summed E-state index contributed by atoms with van der Waals surface area (Å²) in [6.45, 7) is 2.76. The molecule has 3 N–H and O–H groups in total. The van der Waals surface area contributed by atoms with Gasteiger partial charge in [0.2, 0.25) is 0 Å². The number of unbranched alkanes of at least 4 members (excludes halogenated alkanes) is 2. The van der Waals surface area contributed by atoms with Crippen LogP contribution < -0.4 is 10.6 Å².